The topological polar surface area (TPSA) is 133 Å². The number of primary sulfonamides is 1. The van der Waals surface area contributed by atoms with E-state index in [0.717, 1.165) is 0 Å². The second kappa shape index (κ2) is 8.70. The van der Waals surface area contributed by atoms with Gasteiger partial charge in [-0.15, -0.1) is 28.6 Å². The molecule has 1 aromatic heterocycles. The average molecular weight is 486 g/mol. The number of hydrogen-bond acceptors (Lipinski definition) is 8. The lowest BCUT2D eigenvalue weighted by atomic mass is 10.3. The van der Waals surface area contributed by atoms with E-state index in [1.807, 2.05) is 4.90 Å². The van der Waals surface area contributed by atoms with Crippen LogP contribution in [0.25, 0.3) is 0 Å². The van der Waals surface area contributed by atoms with Crippen LogP contribution < -0.4 is 9.97 Å². The third-order valence-corrected chi connectivity index (χ3v) is 8.81. The molecule has 14 heteroatoms. The van der Waals surface area contributed by atoms with E-state index in [-0.39, 0.29) is 31.9 Å². The first kappa shape index (κ1) is 22.2. The molecule has 1 aliphatic rings. The number of nitrogens with two attached hydrogens (primary N) is 1. The number of aliphatic hydroxyl groups is 1. The zero-order valence-electron chi connectivity index (χ0n) is 12.4. The summed E-state index contributed by atoms with van der Waals surface area (Å²) in [4.78, 5) is 4.46. The Labute approximate surface area is 159 Å². The Morgan fingerprint density at radius 1 is 1.25 bits per heavy atom. The summed E-state index contributed by atoms with van der Waals surface area (Å²) in [6, 6.07) is 1.17. The highest BCUT2D eigenvalue weighted by Crippen LogP contribution is 2.33. The van der Waals surface area contributed by atoms with E-state index in [4.69, 9.17) is 10.2 Å². The summed E-state index contributed by atoms with van der Waals surface area (Å²) >= 11 is 3.65. The fraction of sp³-hybridized carbons (Fsp3) is 0.600. The summed E-state index contributed by atoms with van der Waals surface area (Å²) in [6.07, 6.45) is 0. The quantitative estimate of drug-likeness (QED) is 0.489. The van der Waals surface area contributed by atoms with Crippen molar-refractivity contribution in [3.8, 4) is 0 Å². The molecule has 0 aromatic carbocycles. The SMILES string of the molecule is Cl.NS(=O)(=O)c1cc(Br)c(S(=O)(=O)NN2CCN(CCO)CC2)s1. The number of piperazine rings is 1. The molecule has 0 aliphatic carbocycles. The normalized spacial score (nSPS) is 17.6. The molecule has 1 fully saturated rings. The van der Waals surface area contributed by atoms with Gasteiger partial charge in [-0.3, -0.25) is 4.90 Å². The van der Waals surface area contributed by atoms with Crippen LogP contribution in [0.15, 0.2) is 19.0 Å². The summed E-state index contributed by atoms with van der Waals surface area (Å²) in [5.41, 5.74) is 0. The lowest BCUT2D eigenvalue weighted by Crippen LogP contribution is -2.53. The second-order valence-electron chi connectivity index (χ2n) is 4.89. The molecule has 9 nitrogen and oxygen atoms in total. The van der Waals surface area contributed by atoms with Gasteiger partial charge in [-0.1, -0.05) is 0 Å². The average Bonchev–Trinajstić information content (AvgIpc) is 2.84. The van der Waals surface area contributed by atoms with E-state index < -0.39 is 20.0 Å². The molecule has 0 saturated carbocycles. The van der Waals surface area contributed by atoms with Gasteiger partial charge in [0, 0.05) is 37.2 Å². The molecule has 0 amide bonds. The Morgan fingerprint density at radius 3 is 2.29 bits per heavy atom. The summed E-state index contributed by atoms with van der Waals surface area (Å²) in [5.74, 6) is 0. The van der Waals surface area contributed by atoms with Crippen LogP contribution in [0.5, 0.6) is 0 Å². The minimum absolute atomic E-state index is 0. The van der Waals surface area contributed by atoms with E-state index in [0.29, 0.717) is 44.1 Å². The van der Waals surface area contributed by atoms with Gasteiger partial charge in [-0.05, 0) is 22.0 Å². The number of aliphatic hydroxyl groups excluding tert-OH is 1. The molecule has 4 N–H and O–H groups in total. The molecule has 0 spiro atoms. The van der Waals surface area contributed by atoms with Gasteiger partial charge in [-0.25, -0.2) is 27.0 Å². The largest absolute Gasteiger partial charge is 0.395 e. The Hall–Kier alpha value is 0.170. The van der Waals surface area contributed by atoms with E-state index in [1.165, 1.54) is 6.07 Å². The van der Waals surface area contributed by atoms with Gasteiger partial charge in [0.05, 0.1) is 6.61 Å². The van der Waals surface area contributed by atoms with Crippen LogP contribution in [0, 0.1) is 0 Å². The molecular weight excluding hydrogens is 468 g/mol. The van der Waals surface area contributed by atoms with Gasteiger partial charge >= 0.3 is 0 Å². The maximum Gasteiger partial charge on any atom is 0.264 e. The Balaban J connectivity index is 0.00000288. The number of thiophene rings is 1. The van der Waals surface area contributed by atoms with E-state index in [9.17, 15) is 16.8 Å². The zero-order chi connectivity index (χ0) is 17.3. The standard InChI is InChI=1S/C10H17BrN4O5S3.ClH/c11-8-7-9(22(12,17)18)21-10(8)23(19,20)13-15-3-1-14(2-4-15)5-6-16;/h7,13,16H,1-6H2,(H2,12,17,18);1H. The van der Waals surface area contributed by atoms with Gasteiger partial charge in [-0.2, -0.15) is 0 Å². The number of nitrogens with one attached hydrogen (secondary N) is 1. The first-order chi connectivity index (χ1) is 10.6. The van der Waals surface area contributed by atoms with Crippen molar-refractivity contribution in [1.82, 2.24) is 14.7 Å². The molecule has 0 radical (unpaired) electrons. The summed E-state index contributed by atoms with van der Waals surface area (Å²) in [6.45, 7) is 2.78. The Morgan fingerprint density at radius 2 is 1.83 bits per heavy atom. The smallest absolute Gasteiger partial charge is 0.264 e. The fourth-order valence-corrected chi connectivity index (χ4v) is 6.90. The lowest BCUT2D eigenvalue weighted by molar-refractivity contribution is 0.0993. The van der Waals surface area contributed by atoms with Crippen molar-refractivity contribution < 1.29 is 21.9 Å². The molecule has 0 bridgehead atoms. The van der Waals surface area contributed by atoms with Crippen molar-refractivity contribution in [1.29, 1.82) is 0 Å². The van der Waals surface area contributed by atoms with Crippen LogP contribution in [0.2, 0.25) is 0 Å². The number of nitrogens with zero attached hydrogens (tertiary/aromatic N) is 2. The van der Waals surface area contributed by atoms with Crippen molar-refractivity contribution in [2.75, 3.05) is 39.3 Å². The van der Waals surface area contributed by atoms with Gasteiger partial charge in [0.15, 0.2) is 4.21 Å². The second-order valence-corrected chi connectivity index (χ2v) is 10.4. The van der Waals surface area contributed by atoms with Crippen LogP contribution in [-0.4, -0.2) is 71.2 Å². The van der Waals surface area contributed by atoms with E-state index in [2.05, 4.69) is 20.8 Å². The number of β-amino-alcohol motifs (C(OH)–C–C–N with tert-alkyl or cyclic N) is 1. The molecule has 0 unspecified atom stereocenters. The molecule has 1 aliphatic heterocycles. The van der Waals surface area contributed by atoms with Crippen LogP contribution in [-0.2, 0) is 20.0 Å². The first-order valence-corrected chi connectivity index (χ1v) is 11.2. The third-order valence-electron chi connectivity index (χ3n) is 3.20. The molecule has 2 heterocycles. The molecule has 1 aromatic rings. The highest BCUT2D eigenvalue weighted by Gasteiger charge is 2.28. The first-order valence-electron chi connectivity index (χ1n) is 6.56. The third kappa shape index (κ3) is 5.59. The number of hydrogen-bond donors (Lipinski definition) is 3. The molecule has 140 valence electrons. The maximum absolute atomic E-state index is 12.4. The van der Waals surface area contributed by atoms with Gasteiger partial charge in [0.1, 0.15) is 4.21 Å². The Kier molecular flexibility index (Phi) is 8.06. The number of halogens is 2. The van der Waals surface area contributed by atoms with Crippen molar-refractivity contribution >= 4 is 59.7 Å². The van der Waals surface area contributed by atoms with Crippen molar-refractivity contribution in [3.63, 3.8) is 0 Å². The number of sulfonamides is 2. The van der Waals surface area contributed by atoms with Gasteiger partial charge in [0.25, 0.3) is 10.0 Å². The Bertz CT molecular complexity index is 761. The molecule has 0 atom stereocenters. The lowest BCUT2D eigenvalue weighted by Gasteiger charge is -2.33. The highest BCUT2D eigenvalue weighted by atomic mass is 79.9. The van der Waals surface area contributed by atoms with Crippen LogP contribution in [0.1, 0.15) is 0 Å². The summed E-state index contributed by atoms with van der Waals surface area (Å²) in [7, 11) is -7.86. The van der Waals surface area contributed by atoms with Crippen molar-refractivity contribution in [2.45, 2.75) is 8.42 Å². The fourth-order valence-electron chi connectivity index (χ4n) is 2.07. The van der Waals surface area contributed by atoms with Crippen LogP contribution in [0.3, 0.4) is 0 Å². The molecule has 2 rings (SSSR count). The molecule has 1 saturated heterocycles. The number of hydrazine groups is 1. The van der Waals surface area contributed by atoms with E-state index in [1.54, 1.807) is 5.01 Å². The summed E-state index contributed by atoms with van der Waals surface area (Å²) in [5, 5.41) is 15.5. The molecule has 24 heavy (non-hydrogen) atoms. The predicted molar refractivity (Wildman–Crippen MR) is 96.1 cm³/mol. The number of rotatable bonds is 6. The predicted octanol–water partition coefficient (Wildman–Crippen LogP) is -0.617. The monoisotopic (exact) mass is 484 g/mol. The van der Waals surface area contributed by atoms with Gasteiger partial charge in [0.2, 0.25) is 10.0 Å². The minimum atomic E-state index is -3.96. The molecular formula is C10H18BrClN4O5S3. The van der Waals surface area contributed by atoms with Gasteiger partial charge < -0.3 is 5.11 Å². The van der Waals surface area contributed by atoms with Crippen LogP contribution in [0.4, 0.5) is 0 Å². The van der Waals surface area contributed by atoms with Crippen LogP contribution >= 0.6 is 39.7 Å². The zero-order valence-corrected chi connectivity index (χ0v) is 17.2. The van der Waals surface area contributed by atoms with E-state index >= 15 is 0 Å². The highest BCUT2D eigenvalue weighted by molar-refractivity contribution is 9.10. The minimum Gasteiger partial charge on any atom is -0.395 e. The summed E-state index contributed by atoms with van der Waals surface area (Å²) < 4.78 is 47.3. The van der Waals surface area contributed by atoms with Crippen molar-refractivity contribution in [2.24, 2.45) is 5.14 Å². The maximum atomic E-state index is 12.4. The van der Waals surface area contributed by atoms with Crippen molar-refractivity contribution in [3.05, 3.63) is 10.5 Å².